The van der Waals surface area contributed by atoms with Gasteiger partial charge in [-0.2, -0.15) is 0 Å². The quantitative estimate of drug-likeness (QED) is 0.748. The van der Waals surface area contributed by atoms with Gasteiger partial charge in [-0.05, 0) is 45.1 Å². The van der Waals surface area contributed by atoms with E-state index in [0.717, 1.165) is 24.1 Å². The van der Waals surface area contributed by atoms with Gasteiger partial charge in [0, 0.05) is 12.6 Å². The molecule has 0 aliphatic heterocycles. The Hall–Kier alpha value is -0.950. The lowest BCUT2D eigenvalue weighted by molar-refractivity contribution is 0.379. The number of nitrogens with zero attached hydrogens (tertiary/aromatic N) is 1. The van der Waals surface area contributed by atoms with Crippen LogP contribution in [0.1, 0.15) is 24.5 Å². The monoisotopic (exact) mass is 299 g/mol. The molecule has 1 aromatic carbocycles. The van der Waals surface area contributed by atoms with E-state index in [1.165, 1.54) is 0 Å². The lowest BCUT2D eigenvalue weighted by atomic mass is 10.1. The van der Waals surface area contributed by atoms with Crippen molar-refractivity contribution in [3.05, 3.63) is 35.4 Å². The topological polar surface area (TPSA) is 75.4 Å². The second-order valence-corrected chi connectivity index (χ2v) is 7.15. The van der Waals surface area contributed by atoms with Gasteiger partial charge in [-0.1, -0.05) is 24.3 Å². The van der Waals surface area contributed by atoms with Crippen molar-refractivity contribution in [2.24, 2.45) is 5.73 Å². The Morgan fingerprint density at radius 2 is 1.95 bits per heavy atom. The first kappa shape index (κ1) is 17.1. The van der Waals surface area contributed by atoms with Crippen LogP contribution in [0.25, 0.3) is 0 Å². The van der Waals surface area contributed by atoms with Crippen LogP contribution in [0.3, 0.4) is 0 Å². The maximum Gasteiger partial charge on any atom is 0.216 e. The van der Waals surface area contributed by atoms with Crippen molar-refractivity contribution in [2.75, 3.05) is 20.6 Å². The summed E-state index contributed by atoms with van der Waals surface area (Å²) in [7, 11) is 0.627. The van der Waals surface area contributed by atoms with E-state index in [1.807, 2.05) is 50.2 Å². The van der Waals surface area contributed by atoms with Crippen molar-refractivity contribution in [1.29, 1.82) is 0 Å². The predicted octanol–water partition coefficient (Wildman–Crippen LogP) is 0.905. The van der Waals surface area contributed by atoms with Gasteiger partial charge in [0.1, 0.15) is 0 Å². The minimum atomic E-state index is -3.32. The Labute approximate surface area is 122 Å². The van der Waals surface area contributed by atoms with E-state index >= 15 is 0 Å². The number of sulfonamides is 1. The summed E-state index contributed by atoms with van der Waals surface area (Å²) < 4.78 is 26.9. The van der Waals surface area contributed by atoms with Gasteiger partial charge in [-0.3, -0.25) is 0 Å². The molecule has 0 radical (unpaired) electrons. The molecule has 6 heteroatoms. The molecule has 1 unspecified atom stereocenters. The van der Waals surface area contributed by atoms with Gasteiger partial charge >= 0.3 is 0 Å². The van der Waals surface area contributed by atoms with E-state index < -0.39 is 10.0 Å². The Bertz CT molecular complexity index is 515. The fourth-order valence-corrected chi connectivity index (χ4v) is 3.36. The van der Waals surface area contributed by atoms with E-state index in [1.54, 1.807) is 0 Å². The van der Waals surface area contributed by atoms with Crippen LogP contribution < -0.4 is 10.5 Å². The van der Waals surface area contributed by atoms with Crippen molar-refractivity contribution < 1.29 is 8.42 Å². The molecule has 0 fully saturated rings. The molecule has 1 aromatic rings. The zero-order valence-corrected chi connectivity index (χ0v) is 13.3. The van der Waals surface area contributed by atoms with Crippen LogP contribution in [0.4, 0.5) is 0 Å². The average molecular weight is 299 g/mol. The molecule has 5 nitrogen and oxygen atoms in total. The number of hydrogen-bond acceptors (Lipinski definition) is 4. The third-order valence-electron chi connectivity index (χ3n) is 2.97. The zero-order valence-electron chi connectivity index (χ0n) is 12.5. The smallest absolute Gasteiger partial charge is 0.216 e. The third kappa shape index (κ3) is 6.47. The number of nitrogens with two attached hydrogens (primary N) is 1. The van der Waals surface area contributed by atoms with Gasteiger partial charge in [0.25, 0.3) is 0 Å². The van der Waals surface area contributed by atoms with Crippen molar-refractivity contribution in [2.45, 2.75) is 31.7 Å². The number of rotatable bonds is 8. The minimum absolute atomic E-state index is 0.00680. The molecular weight excluding hydrogens is 274 g/mol. The molecule has 0 spiro atoms. The van der Waals surface area contributed by atoms with Crippen LogP contribution in [0, 0.1) is 0 Å². The van der Waals surface area contributed by atoms with Crippen LogP contribution in [0.5, 0.6) is 0 Å². The van der Waals surface area contributed by atoms with Crippen molar-refractivity contribution >= 4 is 10.0 Å². The molecule has 0 amide bonds. The Kier molecular flexibility index (Phi) is 6.61. The highest BCUT2D eigenvalue weighted by Gasteiger charge is 2.15. The predicted molar refractivity (Wildman–Crippen MR) is 82.7 cm³/mol. The molecule has 3 N–H and O–H groups in total. The van der Waals surface area contributed by atoms with Crippen molar-refractivity contribution in [3.63, 3.8) is 0 Å². The summed E-state index contributed by atoms with van der Waals surface area (Å²) >= 11 is 0. The van der Waals surface area contributed by atoms with Crippen molar-refractivity contribution in [3.8, 4) is 0 Å². The Morgan fingerprint density at radius 1 is 1.30 bits per heavy atom. The van der Waals surface area contributed by atoms with Gasteiger partial charge in [0.05, 0.1) is 5.75 Å². The van der Waals surface area contributed by atoms with Crippen LogP contribution in [0.15, 0.2) is 24.3 Å². The first-order valence-corrected chi connectivity index (χ1v) is 8.40. The SMILES string of the molecule is CC(CCN(C)C)NS(=O)(=O)Cc1cccc(CN)c1. The minimum Gasteiger partial charge on any atom is -0.326 e. The summed E-state index contributed by atoms with van der Waals surface area (Å²) in [6.45, 7) is 3.16. The average Bonchev–Trinajstić information content (AvgIpc) is 2.35. The van der Waals surface area contributed by atoms with Crippen LogP contribution in [-0.4, -0.2) is 40.0 Å². The highest BCUT2D eigenvalue weighted by Crippen LogP contribution is 2.09. The van der Waals surface area contributed by atoms with Gasteiger partial charge in [-0.25, -0.2) is 13.1 Å². The summed E-state index contributed by atoms with van der Waals surface area (Å²) in [5.41, 5.74) is 7.27. The van der Waals surface area contributed by atoms with E-state index in [4.69, 9.17) is 5.73 Å². The van der Waals surface area contributed by atoms with Crippen molar-refractivity contribution in [1.82, 2.24) is 9.62 Å². The maximum absolute atomic E-state index is 12.1. The molecule has 0 aromatic heterocycles. The highest BCUT2D eigenvalue weighted by atomic mass is 32.2. The van der Waals surface area contributed by atoms with Gasteiger partial charge in [0.15, 0.2) is 0 Å². The molecular formula is C14H25N3O2S. The Morgan fingerprint density at radius 3 is 2.55 bits per heavy atom. The standard InChI is InChI=1S/C14H25N3O2S/c1-12(7-8-17(2)3)16-20(18,19)11-14-6-4-5-13(9-14)10-15/h4-6,9,12,16H,7-8,10-11,15H2,1-3H3. The number of hydrogen-bond donors (Lipinski definition) is 2. The lowest BCUT2D eigenvalue weighted by Gasteiger charge is -2.17. The second kappa shape index (κ2) is 7.73. The van der Waals surface area contributed by atoms with E-state index in [-0.39, 0.29) is 11.8 Å². The van der Waals surface area contributed by atoms with E-state index in [2.05, 4.69) is 4.72 Å². The molecule has 1 rings (SSSR count). The molecule has 0 saturated heterocycles. The summed E-state index contributed by atoms with van der Waals surface area (Å²) in [5.74, 6) is -0.00680. The van der Waals surface area contributed by atoms with Gasteiger partial charge < -0.3 is 10.6 Å². The molecule has 0 aliphatic carbocycles. The first-order chi connectivity index (χ1) is 9.32. The Balaban J connectivity index is 2.60. The fraction of sp³-hybridized carbons (Fsp3) is 0.571. The molecule has 0 saturated carbocycles. The summed E-state index contributed by atoms with van der Waals surface area (Å²) in [6, 6.07) is 7.30. The zero-order chi connectivity index (χ0) is 15.2. The first-order valence-electron chi connectivity index (χ1n) is 6.75. The molecule has 20 heavy (non-hydrogen) atoms. The molecule has 1 atom stereocenters. The van der Waals surface area contributed by atoms with E-state index in [9.17, 15) is 8.42 Å². The number of benzene rings is 1. The van der Waals surface area contributed by atoms with Gasteiger partial charge in [-0.15, -0.1) is 0 Å². The van der Waals surface area contributed by atoms with E-state index in [0.29, 0.717) is 6.54 Å². The maximum atomic E-state index is 12.1. The normalized spacial score (nSPS) is 13.7. The van der Waals surface area contributed by atoms with Crippen LogP contribution in [0.2, 0.25) is 0 Å². The lowest BCUT2D eigenvalue weighted by Crippen LogP contribution is -2.35. The fourth-order valence-electron chi connectivity index (χ4n) is 1.92. The molecule has 0 heterocycles. The summed E-state index contributed by atoms with van der Waals surface area (Å²) in [6.07, 6.45) is 0.787. The summed E-state index contributed by atoms with van der Waals surface area (Å²) in [5, 5.41) is 0. The van der Waals surface area contributed by atoms with Crippen LogP contribution >= 0.6 is 0 Å². The highest BCUT2D eigenvalue weighted by molar-refractivity contribution is 7.88. The van der Waals surface area contributed by atoms with Gasteiger partial charge in [0.2, 0.25) is 10.0 Å². The van der Waals surface area contributed by atoms with Crippen LogP contribution in [-0.2, 0) is 22.3 Å². The summed E-state index contributed by atoms with van der Waals surface area (Å²) in [4.78, 5) is 2.04. The third-order valence-corrected chi connectivity index (χ3v) is 4.45. The second-order valence-electron chi connectivity index (χ2n) is 5.39. The number of nitrogens with one attached hydrogen (secondary N) is 1. The molecule has 114 valence electrons. The largest absolute Gasteiger partial charge is 0.326 e. The molecule has 0 bridgehead atoms. The molecule has 0 aliphatic rings.